The fourth-order valence-electron chi connectivity index (χ4n) is 3.45. The minimum atomic E-state index is -3.25. The highest BCUT2D eigenvalue weighted by Crippen LogP contribution is 2.28. The van der Waals surface area contributed by atoms with Crippen LogP contribution in [0.25, 0.3) is 0 Å². The summed E-state index contributed by atoms with van der Waals surface area (Å²) in [4.78, 5) is 0. The van der Waals surface area contributed by atoms with Crippen LogP contribution in [0.4, 0.5) is 0 Å². The van der Waals surface area contributed by atoms with Gasteiger partial charge in [0.05, 0.1) is 18.5 Å². The van der Waals surface area contributed by atoms with E-state index < -0.39 is 21.3 Å². The lowest BCUT2D eigenvalue weighted by molar-refractivity contribution is 0.330. The van der Waals surface area contributed by atoms with E-state index in [-0.39, 0.29) is 12.5 Å². The number of hydrogen-bond acceptors (Lipinski definition) is 6. The molecule has 0 heterocycles. The van der Waals surface area contributed by atoms with Gasteiger partial charge in [0.25, 0.3) is 0 Å². The summed E-state index contributed by atoms with van der Waals surface area (Å²) in [5.74, 6) is 7.12. The molecule has 3 N–H and O–H groups in total. The number of nitrogens with one attached hydrogen (secondary N) is 1. The van der Waals surface area contributed by atoms with E-state index in [9.17, 15) is 8.42 Å². The molecule has 174 valence electrons. The van der Waals surface area contributed by atoms with Gasteiger partial charge in [0.2, 0.25) is 0 Å². The summed E-state index contributed by atoms with van der Waals surface area (Å²) in [6.45, 7) is 4.47. The molecule has 0 amide bonds. The molecule has 0 aliphatic rings. The zero-order valence-corrected chi connectivity index (χ0v) is 20.5. The van der Waals surface area contributed by atoms with E-state index in [1.54, 1.807) is 19.2 Å². The zero-order chi connectivity index (χ0) is 23.7. The Hall–Kier alpha value is -2.24. The molecule has 0 bridgehead atoms. The van der Waals surface area contributed by atoms with Crippen molar-refractivity contribution >= 4 is 21.4 Å². The highest BCUT2D eigenvalue weighted by atomic mass is 35.5. The molecule has 0 fully saturated rings. The highest BCUT2D eigenvalue weighted by molar-refractivity contribution is 7.91. The van der Waals surface area contributed by atoms with Gasteiger partial charge in [-0.05, 0) is 54.3 Å². The zero-order valence-electron chi connectivity index (χ0n) is 18.9. The Balaban J connectivity index is 1.92. The van der Waals surface area contributed by atoms with E-state index >= 15 is 0 Å². The molecule has 32 heavy (non-hydrogen) atoms. The van der Waals surface area contributed by atoms with Crippen LogP contribution >= 0.6 is 11.6 Å². The van der Waals surface area contributed by atoms with Gasteiger partial charge in [-0.3, -0.25) is 0 Å². The van der Waals surface area contributed by atoms with Crippen LogP contribution in [0.2, 0.25) is 5.02 Å². The average molecular weight is 479 g/mol. The SMILES string of the molecule is COc1cc(CCNC(N)C(C(C)C)S(C)(=O)=O)ccc1OCC#Cc1ccc(Cl)cc1. The molecule has 0 saturated carbocycles. The molecule has 2 rings (SSSR count). The summed E-state index contributed by atoms with van der Waals surface area (Å²) in [7, 11) is -1.66. The Morgan fingerprint density at radius 1 is 1.12 bits per heavy atom. The fourth-order valence-corrected chi connectivity index (χ4v) is 5.19. The van der Waals surface area contributed by atoms with Gasteiger partial charge in [0.15, 0.2) is 21.3 Å². The van der Waals surface area contributed by atoms with E-state index in [0.29, 0.717) is 29.5 Å². The summed E-state index contributed by atoms with van der Waals surface area (Å²) in [6, 6.07) is 13.0. The maximum Gasteiger partial charge on any atom is 0.162 e. The second kappa shape index (κ2) is 12.1. The number of hydrogen-bond donors (Lipinski definition) is 2. The molecular weight excluding hydrogens is 448 g/mol. The third kappa shape index (κ3) is 8.03. The fraction of sp³-hybridized carbons (Fsp3) is 0.417. The van der Waals surface area contributed by atoms with Crippen LogP contribution in [-0.4, -0.2) is 46.4 Å². The van der Waals surface area contributed by atoms with Crippen LogP contribution in [0.1, 0.15) is 25.0 Å². The standard InChI is InChI=1S/C24H31ClN2O4S/c1-17(2)23(32(4,28)29)24(26)27-14-13-19-9-12-21(22(16-19)30-3)31-15-5-6-18-7-10-20(25)11-8-18/h7-12,16-17,23-24,27H,13-15,26H2,1-4H3. The summed E-state index contributed by atoms with van der Waals surface area (Å²) in [5.41, 5.74) is 7.99. The van der Waals surface area contributed by atoms with Crippen molar-refractivity contribution in [3.05, 3.63) is 58.6 Å². The van der Waals surface area contributed by atoms with Gasteiger partial charge in [0.1, 0.15) is 6.61 Å². The van der Waals surface area contributed by atoms with Gasteiger partial charge in [-0.2, -0.15) is 0 Å². The second-order valence-corrected chi connectivity index (χ2v) is 10.5. The lowest BCUT2D eigenvalue weighted by atomic mass is 10.1. The first-order valence-electron chi connectivity index (χ1n) is 10.3. The van der Waals surface area contributed by atoms with Crippen LogP contribution < -0.4 is 20.5 Å². The largest absolute Gasteiger partial charge is 0.493 e. The van der Waals surface area contributed by atoms with Crippen molar-refractivity contribution in [2.24, 2.45) is 11.7 Å². The van der Waals surface area contributed by atoms with Crippen molar-refractivity contribution in [1.29, 1.82) is 0 Å². The van der Waals surface area contributed by atoms with Crippen LogP contribution in [0.3, 0.4) is 0 Å². The van der Waals surface area contributed by atoms with Gasteiger partial charge in [0, 0.05) is 23.4 Å². The Morgan fingerprint density at radius 2 is 1.81 bits per heavy atom. The van der Waals surface area contributed by atoms with Crippen molar-refractivity contribution in [3.8, 4) is 23.3 Å². The van der Waals surface area contributed by atoms with E-state index in [1.807, 2.05) is 44.2 Å². The molecule has 0 aliphatic carbocycles. The molecule has 2 aromatic rings. The van der Waals surface area contributed by atoms with E-state index in [4.69, 9.17) is 26.8 Å². The topological polar surface area (TPSA) is 90.6 Å². The van der Waals surface area contributed by atoms with Crippen molar-refractivity contribution in [3.63, 3.8) is 0 Å². The van der Waals surface area contributed by atoms with Crippen molar-refractivity contribution < 1.29 is 17.9 Å². The van der Waals surface area contributed by atoms with Gasteiger partial charge in [-0.15, -0.1) is 0 Å². The molecule has 0 radical (unpaired) electrons. The number of halogens is 1. The monoisotopic (exact) mass is 478 g/mol. The predicted molar refractivity (Wildman–Crippen MR) is 130 cm³/mol. The van der Waals surface area contributed by atoms with Crippen molar-refractivity contribution in [2.45, 2.75) is 31.7 Å². The minimum absolute atomic E-state index is 0.0770. The van der Waals surface area contributed by atoms with Crippen molar-refractivity contribution in [2.75, 3.05) is 26.5 Å². The lowest BCUT2D eigenvalue weighted by Crippen LogP contribution is -2.53. The minimum Gasteiger partial charge on any atom is -0.493 e. The quantitative estimate of drug-likeness (QED) is 0.402. The third-order valence-corrected chi connectivity index (χ3v) is 6.98. The molecule has 2 atom stereocenters. The molecule has 2 aromatic carbocycles. The van der Waals surface area contributed by atoms with Crippen molar-refractivity contribution in [1.82, 2.24) is 5.32 Å². The number of benzene rings is 2. The number of rotatable bonds is 10. The molecule has 8 heteroatoms. The molecule has 0 saturated heterocycles. The maximum absolute atomic E-state index is 12.0. The van der Waals surface area contributed by atoms with Gasteiger partial charge >= 0.3 is 0 Å². The maximum atomic E-state index is 12.0. The number of nitrogens with two attached hydrogens (primary N) is 1. The first-order valence-corrected chi connectivity index (χ1v) is 12.7. The molecule has 0 aromatic heterocycles. The predicted octanol–water partition coefficient (Wildman–Crippen LogP) is 3.27. The van der Waals surface area contributed by atoms with Gasteiger partial charge < -0.3 is 20.5 Å². The first-order chi connectivity index (χ1) is 15.1. The van der Waals surface area contributed by atoms with Gasteiger partial charge in [-0.1, -0.05) is 43.4 Å². The smallest absolute Gasteiger partial charge is 0.162 e. The van der Waals surface area contributed by atoms with Crippen LogP contribution in [-0.2, 0) is 16.3 Å². The van der Waals surface area contributed by atoms with Crippen LogP contribution in [0.15, 0.2) is 42.5 Å². The van der Waals surface area contributed by atoms with E-state index in [2.05, 4.69) is 17.2 Å². The molecule has 2 unspecified atom stereocenters. The van der Waals surface area contributed by atoms with E-state index in [0.717, 1.165) is 11.1 Å². The molecule has 0 aliphatic heterocycles. The summed E-state index contributed by atoms with van der Waals surface area (Å²) < 4.78 is 35.2. The Labute approximate surface area is 196 Å². The Bertz CT molecular complexity index is 1040. The molecule has 6 nitrogen and oxygen atoms in total. The van der Waals surface area contributed by atoms with E-state index in [1.165, 1.54) is 6.26 Å². The highest BCUT2D eigenvalue weighted by Gasteiger charge is 2.30. The van der Waals surface area contributed by atoms with Gasteiger partial charge in [-0.25, -0.2) is 8.42 Å². The van der Waals surface area contributed by atoms with Crippen LogP contribution in [0.5, 0.6) is 11.5 Å². The third-order valence-electron chi connectivity index (χ3n) is 4.90. The summed E-state index contributed by atoms with van der Waals surface area (Å²) >= 11 is 5.87. The lowest BCUT2D eigenvalue weighted by Gasteiger charge is -2.26. The summed E-state index contributed by atoms with van der Waals surface area (Å²) in [6.07, 6.45) is 1.26. The summed E-state index contributed by atoms with van der Waals surface area (Å²) in [5, 5.41) is 3.17. The average Bonchev–Trinajstić information content (AvgIpc) is 2.71. The first kappa shape index (κ1) is 26.0. The Kier molecular flexibility index (Phi) is 9.85. The molecular formula is C24H31ClN2O4S. The van der Waals surface area contributed by atoms with Crippen LogP contribution in [0, 0.1) is 17.8 Å². The number of ether oxygens (including phenoxy) is 2. The number of methoxy groups -OCH3 is 1. The second-order valence-electron chi connectivity index (χ2n) is 7.85. The molecule has 0 spiro atoms. The normalized spacial score (nSPS) is 13.2. The number of sulfone groups is 1. The Morgan fingerprint density at radius 3 is 2.41 bits per heavy atom.